The van der Waals surface area contributed by atoms with Gasteiger partial charge in [0.05, 0.1) is 0 Å². The van der Waals surface area contributed by atoms with Crippen LogP contribution in [0.2, 0.25) is 0 Å². The van der Waals surface area contributed by atoms with Crippen LogP contribution in [0.1, 0.15) is 0 Å². The van der Waals surface area contributed by atoms with Gasteiger partial charge >= 0.3 is 0 Å². The van der Waals surface area contributed by atoms with Crippen LogP contribution in [0.4, 0.5) is 0 Å². The molecule has 0 bridgehead atoms. The van der Waals surface area contributed by atoms with Gasteiger partial charge in [0.15, 0.2) is 0 Å². The molecule has 15 heavy (non-hydrogen) atoms. The van der Waals surface area contributed by atoms with E-state index in [9.17, 15) is 13.2 Å². The third kappa shape index (κ3) is 2.65. The van der Waals surface area contributed by atoms with Crippen molar-refractivity contribution >= 4 is 16.1 Å². The number of nitrogens with two attached hydrogens (primary N) is 1. The summed E-state index contributed by atoms with van der Waals surface area (Å²) in [6, 6.07) is -0.603. The number of carbonyl (C=O) groups is 1. The van der Waals surface area contributed by atoms with E-state index in [0.29, 0.717) is 13.1 Å². The number of carbonyl (C=O) groups excluding carboxylic acids is 1. The molecule has 1 heterocycles. The van der Waals surface area contributed by atoms with Crippen molar-refractivity contribution in [2.75, 3.05) is 33.7 Å². The average Bonchev–Trinajstić information content (AvgIpc) is 2.17. The molecule has 0 saturated carbocycles. The second-order valence-corrected chi connectivity index (χ2v) is 5.70. The molecule has 8 heteroatoms. The number of hydrogen-bond acceptors (Lipinski definition) is 4. The number of amides is 1. The fourth-order valence-corrected chi connectivity index (χ4v) is 2.48. The maximum Gasteiger partial charge on any atom is 0.281 e. The lowest BCUT2D eigenvalue weighted by atomic mass is 10.2. The molecule has 0 spiro atoms. The maximum atomic E-state index is 11.7. The number of piperazine rings is 1. The van der Waals surface area contributed by atoms with Crippen molar-refractivity contribution in [3.63, 3.8) is 0 Å². The lowest BCUT2D eigenvalue weighted by Crippen LogP contribution is -2.58. The Hall–Kier alpha value is -0.700. The van der Waals surface area contributed by atoms with E-state index in [-0.39, 0.29) is 6.54 Å². The molecule has 1 fully saturated rings. The summed E-state index contributed by atoms with van der Waals surface area (Å²) in [5, 5.41) is 2.86. The van der Waals surface area contributed by atoms with Crippen molar-refractivity contribution in [3.05, 3.63) is 0 Å². The summed E-state index contributed by atoms with van der Waals surface area (Å²) in [6.07, 6.45) is 0. The lowest BCUT2D eigenvalue weighted by Gasteiger charge is -2.32. The minimum Gasteiger partial charge on any atom is -0.368 e. The molecular formula is C7H16N4O3S. The highest BCUT2D eigenvalue weighted by Gasteiger charge is 2.32. The van der Waals surface area contributed by atoms with Crippen molar-refractivity contribution in [1.82, 2.24) is 13.9 Å². The third-order valence-electron chi connectivity index (χ3n) is 2.27. The summed E-state index contributed by atoms with van der Waals surface area (Å²) in [5.41, 5.74) is 5.11. The maximum absolute atomic E-state index is 11.7. The van der Waals surface area contributed by atoms with Crippen LogP contribution in [0.3, 0.4) is 0 Å². The molecule has 0 radical (unpaired) electrons. The first kappa shape index (κ1) is 12.4. The Morgan fingerprint density at radius 1 is 1.53 bits per heavy atom. The summed E-state index contributed by atoms with van der Waals surface area (Å²) >= 11 is 0. The number of hydrogen-bond donors (Lipinski definition) is 2. The summed E-state index contributed by atoms with van der Waals surface area (Å²) < 4.78 is 25.8. The molecule has 1 rings (SSSR count). The van der Waals surface area contributed by atoms with Crippen LogP contribution in [0.25, 0.3) is 0 Å². The second-order valence-electron chi connectivity index (χ2n) is 3.56. The van der Waals surface area contributed by atoms with Crippen molar-refractivity contribution < 1.29 is 13.2 Å². The number of nitrogens with zero attached hydrogens (tertiary/aromatic N) is 2. The molecule has 7 nitrogen and oxygen atoms in total. The van der Waals surface area contributed by atoms with E-state index in [1.165, 1.54) is 18.4 Å². The summed E-state index contributed by atoms with van der Waals surface area (Å²) in [5.74, 6) is -0.534. The van der Waals surface area contributed by atoms with Crippen LogP contribution in [-0.4, -0.2) is 62.7 Å². The highest BCUT2D eigenvalue weighted by Crippen LogP contribution is 2.08. The largest absolute Gasteiger partial charge is 0.368 e. The Morgan fingerprint density at radius 3 is 2.60 bits per heavy atom. The zero-order valence-electron chi connectivity index (χ0n) is 8.80. The monoisotopic (exact) mass is 236 g/mol. The molecule has 0 unspecified atom stereocenters. The van der Waals surface area contributed by atoms with Crippen molar-refractivity contribution in [2.45, 2.75) is 6.04 Å². The van der Waals surface area contributed by atoms with E-state index in [1.54, 1.807) is 0 Å². The predicted octanol–water partition coefficient (Wildman–Crippen LogP) is -2.45. The predicted molar refractivity (Wildman–Crippen MR) is 55.2 cm³/mol. The van der Waals surface area contributed by atoms with Gasteiger partial charge in [-0.25, -0.2) is 0 Å². The summed E-state index contributed by atoms with van der Waals surface area (Å²) in [6.45, 7) is 0.876. The molecule has 1 aliphatic rings. The first-order chi connectivity index (χ1) is 6.85. The number of primary amides is 1. The normalized spacial score (nSPS) is 24.3. The van der Waals surface area contributed by atoms with Crippen LogP contribution >= 0.6 is 0 Å². The minimum absolute atomic E-state index is 0.0931. The fraction of sp³-hybridized carbons (Fsp3) is 0.857. The molecule has 1 saturated heterocycles. The van der Waals surface area contributed by atoms with Crippen molar-refractivity contribution in [3.8, 4) is 0 Å². The molecule has 1 aliphatic heterocycles. The van der Waals surface area contributed by atoms with Gasteiger partial charge in [-0.2, -0.15) is 17.0 Å². The van der Waals surface area contributed by atoms with Crippen molar-refractivity contribution in [2.24, 2.45) is 5.73 Å². The zero-order valence-corrected chi connectivity index (χ0v) is 9.62. The Labute approximate surface area is 89.4 Å². The number of nitrogens with one attached hydrogen (secondary N) is 1. The fourth-order valence-electron chi connectivity index (χ4n) is 1.35. The van der Waals surface area contributed by atoms with Gasteiger partial charge in [0, 0.05) is 33.7 Å². The molecule has 1 atom stereocenters. The van der Waals surface area contributed by atoms with Gasteiger partial charge in [0.25, 0.3) is 10.2 Å². The van der Waals surface area contributed by atoms with Crippen LogP contribution < -0.4 is 11.1 Å². The Bertz CT molecular complexity index is 340. The second kappa shape index (κ2) is 4.44. The van der Waals surface area contributed by atoms with E-state index < -0.39 is 22.2 Å². The van der Waals surface area contributed by atoms with E-state index in [4.69, 9.17) is 5.73 Å². The van der Waals surface area contributed by atoms with Gasteiger partial charge < -0.3 is 11.1 Å². The van der Waals surface area contributed by atoms with Gasteiger partial charge in [0.2, 0.25) is 5.91 Å². The number of rotatable bonds is 3. The van der Waals surface area contributed by atoms with Crippen LogP contribution in [0.5, 0.6) is 0 Å². The third-order valence-corrected chi connectivity index (χ3v) is 4.18. The summed E-state index contributed by atoms with van der Waals surface area (Å²) in [7, 11) is -0.537. The molecule has 88 valence electrons. The van der Waals surface area contributed by atoms with Crippen molar-refractivity contribution in [1.29, 1.82) is 0 Å². The quantitative estimate of drug-likeness (QED) is 0.568. The zero-order chi connectivity index (χ0) is 11.6. The Morgan fingerprint density at radius 2 is 2.13 bits per heavy atom. The standard InChI is InChI=1S/C7H16N4O3S/c1-10(2)15(13,14)11-4-3-9-6(5-11)7(8)12/h6,9H,3-5H2,1-2H3,(H2,8,12)/t6-/m1/s1. The first-order valence-electron chi connectivity index (χ1n) is 4.56. The van der Waals surface area contributed by atoms with E-state index in [0.717, 1.165) is 4.31 Å². The minimum atomic E-state index is -3.45. The Balaban J connectivity index is 2.77. The summed E-state index contributed by atoms with van der Waals surface area (Å²) in [4.78, 5) is 10.9. The van der Waals surface area contributed by atoms with Gasteiger partial charge in [-0.15, -0.1) is 0 Å². The highest BCUT2D eigenvalue weighted by atomic mass is 32.2. The molecule has 0 aromatic heterocycles. The SMILES string of the molecule is CN(C)S(=O)(=O)N1CCN[C@@H](C(N)=O)C1. The molecule has 3 N–H and O–H groups in total. The molecular weight excluding hydrogens is 220 g/mol. The first-order valence-corrected chi connectivity index (χ1v) is 5.95. The lowest BCUT2D eigenvalue weighted by molar-refractivity contribution is -0.120. The van der Waals surface area contributed by atoms with Gasteiger partial charge in [-0.3, -0.25) is 4.79 Å². The molecule has 0 aromatic carbocycles. The van der Waals surface area contributed by atoms with E-state index in [2.05, 4.69) is 5.32 Å². The highest BCUT2D eigenvalue weighted by molar-refractivity contribution is 7.86. The van der Waals surface area contributed by atoms with E-state index in [1.807, 2.05) is 0 Å². The van der Waals surface area contributed by atoms with Crippen LogP contribution in [-0.2, 0) is 15.0 Å². The van der Waals surface area contributed by atoms with Gasteiger partial charge in [0.1, 0.15) is 6.04 Å². The molecule has 1 amide bonds. The van der Waals surface area contributed by atoms with Gasteiger partial charge in [-0.1, -0.05) is 0 Å². The Kier molecular flexibility index (Phi) is 3.66. The molecule has 0 aliphatic carbocycles. The smallest absolute Gasteiger partial charge is 0.281 e. The van der Waals surface area contributed by atoms with Crippen LogP contribution in [0.15, 0.2) is 0 Å². The van der Waals surface area contributed by atoms with Gasteiger partial charge in [-0.05, 0) is 0 Å². The topological polar surface area (TPSA) is 95.7 Å². The van der Waals surface area contributed by atoms with Crippen LogP contribution in [0, 0.1) is 0 Å². The average molecular weight is 236 g/mol. The molecule has 0 aromatic rings. The van der Waals surface area contributed by atoms with E-state index >= 15 is 0 Å².